The van der Waals surface area contributed by atoms with Crippen molar-refractivity contribution in [1.29, 1.82) is 0 Å². The topological polar surface area (TPSA) is 95.0 Å². The smallest absolute Gasteiger partial charge is 0.545 e. The maximum absolute atomic E-state index is 12.6. The number of nitrogens with one attached hydrogen (secondary N) is 1. The minimum absolute atomic E-state index is 0. The van der Waals surface area contributed by atoms with Crippen LogP contribution in [0, 0.1) is 0 Å². The predicted octanol–water partition coefficient (Wildman–Crippen LogP) is -1.91. The molecule has 130 valence electrons. The van der Waals surface area contributed by atoms with Gasteiger partial charge < -0.3 is 15.2 Å². The monoisotopic (exact) mass is 361 g/mol. The Morgan fingerprint density at radius 1 is 1.20 bits per heavy atom. The number of hydrogen-bond acceptors (Lipinski definition) is 5. The third kappa shape index (κ3) is 6.45. The molecule has 0 spiro atoms. The second-order valence-electron chi connectivity index (χ2n) is 5.51. The van der Waals surface area contributed by atoms with E-state index in [0.29, 0.717) is 19.3 Å². The molecule has 0 bridgehead atoms. The van der Waals surface area contributed by atoms with Gasteiger partial charge in [-0.05, 0) is 37.3 Å². The second-order valence-corrected chi connectivity index (χ2v) is 5.51. The number of halogens is 2. The summed E-state index contributed by atoms with van der Waals surface area (Å²) in [7, 11) is 0. The number of aromatic nitrogens is 2. The number of carboxylic acids is 1. The summed E-state index contributed by atoms with van der Waals surface area (Å²) in [6.45, 7) is 0.134. The molecule has 2 rings (SSSR count). The molecule has 1 amide bonds. The third-order valence-corrected chi connectivity index (χ3v) is 3.82. The van der Waals surface area contributed by atoms with Crippen LogP contribution in [0.25, 0.3) is 0 Å². The number of amides is 1. The molecule has 1 aliphatic rings. The Hall–Kier alpha value is -1.38. The molecule has 1 N–H and O–H groups in total. The predicted molar refractivity (Wildman–Crippen MR) is 78.8 cm³/mol. The Balaban J connectivity index is 0.00000312. The SMILES string of the molecule is O=C([O-])C1=C(C(=O)NCCc2nccc(C(F)F)n2)CCCCC1.[Na+]. The van der Waals surface area contributed by atoms with Gasteiger partial charge in [0.2, 0.25) is 5.91 Å². The summed E-state index contributed by atoms with van der Waals surface area (Å²) >= 11 is 0. The number of carboxylic acid groups (broad SMARTS) is 1. The van der Waals surface area contributed by atoms with Crippen molar-refractivity contribution < 1.29 is 53.0 Å². The first-order valence-corrected chi connectivity index (χ1v) is 7.80. The van der Waals surface area contributed by atoms with Gasteiger partial charge in [-0.1, -0.05) is 6.42 Å². The molecule has 0 fully saturated rings. The molecule has 0 radical (unpaired) electrons. The molecule has 9 heteroatoms. The zero-order valence-electron chi connectivity index (χ0n) is 14.1. The van der Waals surface area contributed by atoms with E-state index in [-0.39, 0.29) is 65.2 Å². The average molecular weight is 361 g/mol. The zero-order chi connectivity index (χ0) is 17.5. The van der Waals surface area contributed by atoms with E-state index < -0.39 is 18.3 Å². The molecule has 1 aromatic heterocycles. The Morgan fingerprint density at radius 3 is 2.52 bits per heavy atom. The van der Waals surface area contributed by atoms with Crippen molar-refractivity contribution in [2.45, 2.75) is 45.0 Å². The molecular formula is C16H18F2N3NaO3. The van der Waals surface area contributed by atoms with Crippen LogP contribution in [-0.2, 0) is 16.0 Å². The van der Waals surface area contributed by atoms with Gasteiger partial charge in [-0.2, -0.15) is 0 Å². The Labute approximate surface area is 166 Å². The first-order chi connectivity index (χ1) is 11.5. The third-order valence-electron chi connectivity index (χ3n) is 3.82. The second kappa shape index (κ2) is 10.6. The van der Waals surface area contributed by atoms with Gasteiger partial charge in [-0.3, -0.25) is 4.79 Å². The number of aliphatic carboxylic acids is 1. The normalized spacial score (nSPS) is 14.7. The first-order valence-electron chi connectivity index (χ1n) is 7.80. The first kappa shape index (κ1) is 21.7. The van der Waals surface area contributed by atoms with E-state index in [2.05, 4.69) is 15.3 Å². The molecule has 0 saturated heterocycles. The Kier molecular flexibility index (Phi) is 9.16. The maximum atomic E-state index is 12.6. The molecule has 0 unspecified atom stereocenters. The van der Waals surface area contributed by atoms with Gasteiger partial charge in [-0.15, -0.1) is 0 Å². The van der Waals surface area contributed by atoms with Crippen molar-refractivity contribution in [3.05, 3.63) is 34.9 Å². The number of alkyl halides is 2. The molecule has 6 nitrogen and oxygen atoms in total. The number of rotatable bonds is 6. The summed E-state index contributed by atoms with van der Waals surface area (Å²) in [5.74, 6) is -1.57. The Morgan fingerprint density at radius 2 is 1.88 bits per heavy atom. The van der Waals surface area contributed by atoms with E-state index in [1.165, 1.54) is 6.20 Å². The largest absolute Gasteiger partial charge is 1.00 e. The van der Waals surface area contributed by atoms with Gasteiger partial charge in [0, 0.05) is 24.7 Å². The van der Waals surface area contributed by atoms with E-state index in [1.807, 2.05) is 0 Å². The molecular weight excluding hydrogens is 343 g/mol. The quantitative estimate of drug-likeness (QED) is 0.597. The summed E-state index contributed by atoms with van der Waals surface area (Å²) < 4.78 is 25.1. The molecule has 1 aromatic rings. The van der Waals surface area contributed by atoms with Crippen LogP contribution in [0.15, 0.2) is 23.4 Å². The zero-order valence-corrected chi connectivity index (χ0v) is 16.1. The van der Waals surface area contributed by atoms with Crippen LogP contribution in [0.4, 0.5) is 8.78 Å². The van der Waals surface area contributed by atoms with Crippen molar-refractivity contribution >= 4 is 11.9 Å². The van der Waals surface area contributed by atoms with E-state index in [0.717, 1.165) is 18.9 Å². The van der Waals surface area contributed by atoms with E-state index in [9.17, 15) is 23.5 Å². The molecule has 0 saturated carbocycles. The van der Waals surface area contributed by atoms with Gasteiger partial charge in [0.1, 0.15) is 11.5 Å². The van der Waals surface area contributed by atoms with Gasteiger partial charge in [0.05, 0.1) is 5.97 Å². The van der Waals surface area contributed by atoms with Crippen molar-refractivity contribution in [2.75, 3.05) is 6.54 Å². The van der Waals surface area contributed by atoms with E-state index in [4.69, 9.17) is 0 Å². The van der Waals surface area contributed by atoms with Gasteiger partial charge >= 0.3 is 29.6 Å². The van der Waals surface area contributed by atoms with Gasteiger partial charge in [-0.25, -0.2) is 18.7 Å². The van der Waals surface area contributed by atoms with Crippen molar-refractivity contribution in [2.24, 2.45) is 0 Å². The van der Waals surface area contributed by atoms with Crippen molar-refractivity contribution in [3.8, 4) is 0 Å². The van der Waals surface area contributed by atoms with E-state index >= 15 is 0 Å². The maximum Gasteiger partial charge on any atom is 1.00 e. The molecule has 1 heterocycles. The summed E-state index contributed by atoms with van der Waals surface area (Å²) in [4.78, 5) is 31.0. The van der Waals surface area contributed by atoms with Crippen LogP contribution in [0.3, 0.4) is 0 Å². The number of nitrogens with zero attached hydrogens (tertiary/aromatic N) is 2. The minimum Gasteiger partial charge on any atom is -0.545 e. The summed E-state index contributed by atoms with van der Waals surface area (Å²) in [5.41, 5.74) is -0.0623. The Bertz CT molecular complexity index is 653. The molecule has 0 aliphatic heterocycles. The number of carbonyl (C=O) groups is 2. The minimum atomic E-state index is -2.68. The van der Waals surface area contributed by atoms with Crippen molar-refractivity contribution in [3.63, 3.8) is 0 Å². The fraction of sp³-hybridized carbons (Fsp3) is 0.500. The fourth-order valence-electron chi connectivity index (χ4n) is 2.61. The fourth-order valence-corrected chi connectivity index (χ4v) is 2.61. The van der Waals surface area contributed by atoms with Gasteiger partial charge in [0.15, 0.2) is 0 Å². The van der Waals surface area contributed by atoms with E-state index in [1.54, 1.807) is 0 Å². The molecule has 0 atom stereocenters. The number of hydrogen-bond donors (Lipinski definition) is 1. The van der Waals surface area contributed by atoms with Crippen LogP contribution in [0.2, 0.25) is 0 Å². The van der Waals surface area contributed by atoms with Crippen LogP contribution >= 0.6 is 0 Å². The van der Waals surface area contributed by atoms with Gasteiger partial charge in [0.25, 0.3) is 6.43 Å². The average Bonchev–Trinajstić information content (AvgIpc) is 2.81. The van der Waals surface area contributed by atoms with Crippen LogP contribution in [0.5, 0.6) is 0 Å². The van der Waals surface area contributed by atoms with Crippen LogP contribution in [-0.4, -0.2) is 28.4 Å². The summed E-state index contributed by atoms with van der Waals surface area (Å²) in [5, 5.41) is 13.8. The number of carbonyl (C=O) groups excluding carboxylic acids is 2. The molecule has 25 heavy (non-hydrogen) atoms. The van der Waals surface area contributed by atoms with Crippen LogP contribution in [0.1, 0.15) is 50.0 Å². The van der Waals surface area contributed by atoms with Crippen LogP contribution < -0.4 is 40.0 Å². The summed E-state index contributed by atoms with van der Waals surface area (Å²) in [6.07, 6.45) is 1.79. The molecule has 0 aromatic carbocycles. The van der Waals surface area contributed by atoms with Crippen molar-refractivity contribution in [1.82, 2.24) is 15.3 Å². The molecule has 1 aliphatic carbocycles. The summed E-state index contributed by atoms with van der Waals surface area (Å²) in [6, 6.07) is 1.13. The standard InChI is InChI=1S/C16H19F2N3O3.Na/c17-14(18)12-6-8-19-13(21-12)7-9-20-15(22)10-4-2-1-3-5-11(10)16(23)24;/h6,8,14H,1-5,7,9H2,(H,20,22)(H,23,24);/q;+1/p-1.